The smallest absolute Gasteiger partial charge is 0.249 e. The van der Waals surface area contributed by atoms with Crippen molar-refractivity contribution in [2.24, 2.45) is 5.92 Å². The van der Waals surface area contributed by atoms with E-state index in [2.05, 4.69) is 10.3 Å². The number of hydrogen-bond donors (Lipinski definition) is 2. The van der Waals surface area contributed by atoms with Gasteiger partial charge in [0.15, 0.2) is 11.6 Å². The van der Waals surface area contributed by atoms with Gasteiger partial charge in [0.1, 0.15) is 11.9 Å². The second-order valence-electron chi connectivity index (χ2n) is 5.55. The van der Waals surface area contributed by atoms with Crippen LogP contribution in [-0.4, -0.2) is 22.1 Å². The molecule has 2 N–H and O–H groups in total. The Kier molecular flexibility index (Phi) is 5.81. The number of pyridine rings is 1. The largest absolute Gasteiger partial charge is 0.439 e. The van der Waals surface area contributed by atoms with Crippen molar-refractivity contribution in [3.63, 3.8) is 0 Å². The lowest BCUT2D eigenvalue weighted by atomic mass is 10.1. The van der Waals surface area contributed by atoms with Crippen molar-refractivity contribution < 1.29 is 23.4 Å². The Morgan fingerprint density at radius 3 is 2.71 bits per heavy atom. The zero-order chi connectivity index (χ0) is 17.7. The van der Waals surface area contributed by atoms with E-state index in [9.17, 15) is 18.7 Å². The molecule has 0 unspecified atom stereocenters. The summed E-state index contributed by atoms with van der Waals surface area (Å²) in [5.74, 6) is -2.48. The van der Waals surface area contributed by atoms with Crippen LogP contribution < -0.4 is 10.1 Å². The van der Waals surface area contributed by atoms with Gasteiger partial charge >= 0.3 is 0 Å². The van der Waals surface area contributed by atoms with Crippen LogP contribution in [0.3, 0.4) is 0 Å². The lowest BCUT2D eigenvalue weighted by Gasteiger charge is -2.15. The Morgan fingerprint density at radius 2 is 2.04 bits per heavy atom. The lowest BCUT2D eigenvalue weighted by molar-refractivity contribution is -0.131. The SMILES string of the molecule is CC(C)[C@H](O)C(=O)NCc1cccnc1Oc1ccc(F)c(F)c1. The fourth-order valence-electron chi connectivity index (χ4n) is 1.89. The highest BCUT2D eigenvalue weighted by molar-refractivity contribution is 5.80. The first-order chi connectivity index (χ1) is 11.4. The average molecular weight is 336 g/mol. The predicted octanol–water partition coefficient (Wildman–Crippen LogP) is 2.79. The number of aromatic nitrogens is 1. The van der Waals surface area contributed by atoms with Crippen LogP contribution in [0.4, 0.5) is 8.78 Å². The van der Waals surface area contributed by atoms with E-state index in [-0.39, 0.29) is 24.1 Å². The van der Waals surface area contributed by atoms with E-state index in [4.69, 9.17) is 4.74 Å². The summed E-state index contributed by atoms with van der Waals surface area (Å²) in [7, 11) is 0. The van der Waals surface area contributed by atoms with Gasteiger partial charge in [-0.25, -0.2) is 13.8 Å². The fraction of sp³-hybridized carbons (Fsp3) is 0.294. The molecular weight excluding hydrogens is 318 g/mol. The van der Waals surface area contributed by atoms with Gasteiger partial charge in [0.25, 0.3) is 0 Å². The summed E-state index contributed by atoms with van der Waals surface area (Å²) in [5, 5.41) is 12.3. The third-order valence-electron chi connectivity index (χ3n) is 3.31. The number of halogens is 2. The van der Waals surface area contributed by atoms with E-state index in [1.54, 1.807) is 26.0 Å². The van der Waals surface area contributed by atoms with Gasteiger partial charge in [-0.3, -0.25) is 4.79 Å². The Hall–Kier alpha value is -2.54. The fourth-order valence-corrected chi connectivity index (χ4v) is 1.89. The molecule has 0 aliphatic heterocycles. The van der Waals surface area contributed by atoms with Gasteiger partial charge in [-0.1, -0.05) is 19.9 Å². The van der Waals surface area contributed by atoms with Crippen molar-refractivity contribution in [1.82, 2.24) is 10.3 Å². The molecule has 0 radical (unpaired) electrons. The quantitative estimate of drug-likeness (QED) is 0.851. The molecule has 1 amide bonds. The van der Waals surface area contributed by atoms with E-state index >= 15 is 0 Å². The van der Waals surface area contributed by atoms with Gasteiger partial charge in [-0.2, -0.15) is 0 Å². The molecule has 0 spiro atoms. The minimum Gasteiger partial charge on any atom is -0.439 e. The number of carbonyl (C=O) groups is 1. The zero-order valence-electron chi connectivity index (χ0n) is 13.3. The summed E-state index contributed by atoms with van der Waals surface area (Å²) < 4.78 is 31.6. The van der Waals surface area contributed by atoms with Crippen LogP contribution in [0.25, 0.3) is 0 Å². The second-order valence-corrected chi connectivity index (χ2v) is 5.55. The van der Waals surface area contributed by atoms with E-state index < -0.39 is 23.6 Å². The van der Waals surface area contributed by atoms with Crippen LogP contribution in [0.1, 0.15) is 19.4 Å². The number of rotatable bonds is 6. The normalized spacial score (nSPS) is 12.1. The number of aliphatic hydroxyl groups is 1. The summed E-state index contributed by atoms with van der Waals surface area (Å²) in [6.07, 6.45) is 0.362. The van der Waals surface area contributed by atoms with Crippen molar-refractivity contribution in [1.29, 1.82) is 0 Å². The van der Waals surface area contributed by atoms with E-state index in [1.165, 1.54) is 12.3 Å². The molecule has 128 valence electrons. The molecule has 0 saturated carbocycles. The Morgan fingerprint density at radius 1 is 1.29 bits per heavy atom. The molecule has 1 atom stereocenters. The van der Waals surface area contributed by atoms with Gasteiger partial charge < -0.3 is 15.2 Å². The van der Waals surface area contributed by atoms with Gasteiger partial charge in [0, 0.05) is 24.4 Å². The van der Waals surface area contributed by atoms with Gasteiger partial charge in [-0.05, 0) is 24.1 Å². The van der Waals surface area contributed by atoms with E-state index in [1.807, 2.05) is 0 Å². The number of nitrogens with zero attached hydrogens (tertiary/aromatic N) is 1. The van der Waals surface area contributed by atoms with Crippen molar-refractivity contribution in [3.05, 3.63) is 53.7 Å². The maximum atomic E-state index is 13.2. The molecular formula is C17H18F2N2O3. The summed E-state index contributed by atoms with van der Waals surface area (Å²) in [6, 6.07) is 6.46. The highest BCUT2D eigenvalue weighted by Gasteiger charge is 2.19. The number of hydrogen-bond acceptors (Lipinski definition) is 4. The minimum atomic E-state index is -1.11. The molecule has 0 fully saturated rings. The number of ether oxygens (including phenoxy) is 1. The minimum absolute atomic E-state index is 0.0788. The van der Waals surface area contributed by atoms with Crippen LogP contribution in [-0.2, 0) is 11.3 Å². The summed E-state index contributed by atoms with van der Waals surface area (Å²) in [6.45, 7) is 3.54. The molecule has 0 aliphatic rings. The first kappa shape index (κ1) is 17.8. The van der Waals surface area contributed by atoms with Crippen LogP contribution in [0.5, 0.6) is 11.6 Å². The van der Waals surface area contributed by atoms with E-state index in [0.717, 1.165) is 12.1 Å². The number of nitrogens with one attached hydrogen (secondary N) is 1. The van der Waals surface area contributed by atoms with Crippen molar-refractivity contribution in [2.45, 2.75) is 26.5 Å². The lowest BCUT2D eigenvalue weighted by Crippen LogP contribution is -2.37. The summed E-state index contributed by atoms with van der Waals surface area (Å²) in [4.78, 5) is 15.8. The topological polar surface area (TPSA) is 71.5 Å². The average Bonchev–Trinajstić information content (AvgIpc) is 2.56. The second kappa shape index (κ2) is 7.83. The highest BCUT2D eigenvalue weighted by atomic mass is 19.2. The molecule has 2 aromatic rings. The third-order valence-corrected chi connectivity index (χ3v) is 3.31. The maximum absolute atomic E-state index is 13.2. The van der Waals surface area contributed by atoms with Crippen molar-refractivity contribution >= 4 is 5.91 Å². The molecule has 0 aliphatic carbocycles. The van der Waals surface area contributed by atoms with Crippen LogP contribution in [0.2, 0.25) is 0 Å². The van der Waals surface area contributed by atoms with Gasteiger partial charge in [0.2, 0.25) is 11.8 Å². The zero-order valence-corrected chi connectivity index (χ0v) is 13.3. The first-order valence-electron chi connectivity index (χ1n) is 7.41. The Labute approximate surface area is 138 Å². The standard InChI is InChI=1S/C17H18F2N2O3/c1-10(2)15(22)16(23)21-9-11-4-3-7-20-17(11)24-12-5-6-13(18)14(19)8-12/h3-8,10,15,22H,9H2,1-2H3,(H,21,23)/t15-/m0/s1. The molecule has 1 aromatic heterocycles. The molecule has 2 rings (SSSR count). The van der Waals surface area contributed by atoms with E-state index in [0.29, 0.717) is 5.56 Å². The molecule has 24 heavy (non-hydrogen) atoms. The number of benzene rings is 1. The predicted molar refractivity (Wildman–Crippen MR) is 83.4 cm³/mol. The van der Waals surface area contributed by atoms with Gasteiger partial charge in [-0.15, -0.1) is 0 Å². The molecule has 5 nitrogen and oxygen atoms in total. The highest BCUT2D eigenvalue weighted by Crippen LogP contribution is 2.24. The number of carbonyl (C=O) groups excluding carboxylic acids is 1. The number of amides is 1. The number of aliphatic hydroxyl groups excluding tert-OH is 1. The monoisotopic (exact) mass is 336 g/mol. The van der Waals surface area contributed by atoms with Crippen molar-refractivity contribution in [3.8, 4) is 11.6 Å². The maximum Gasteiger partial charge on any atom is 0.249 e. The summed E-state index contributed by atoms with van der Waals surface area (Å²) >= 11 is 0. The molecule has 1 aromatic carbocycles. The third kappa shape index (κ3) is 4.48. The molecule has 7 heteroatoms. The Bertz CT molecular complexity index is 723. The van der Waals surface area contributed by atoms with Crippen molar-refractivity contribution in [2.75, 3.05) is 0 Å². The first-order valence-corrected chi connectivity index (χ1v) is 7.41. The molecule has 0 bridgehead atoms. The summed E-state index contributed by atoms with van der Waals surface area (Å²) in [5.41, 5.74) is 0.534. The molecule has 0 saturated heterocycles. The Balaban J connectivity index is 2.10. The molecule has 1 heterocycles. The van der Waals surface area contributed by atoms with Crippen LogP contribution in [0.15, 0.2) is 36.5 Å². The van der Waals surface area contributed by atoms with Gasteiger partial charge in [0.05, 0.1) is 0 Å². The van der Waals surface area contributed by atoms with Crippen LogP contribution >= 0.6 is 0 Å². The van der Waals surface area contributed by atoms with Crippen LogP contribution in [0, 0.1) is 17.6 Å².